The smallest absolute Gasteiger partial charge is 0.208 e. The van der Waals surface area contributed by atoms with Crippen LogP contribution in [-0.2, 0) is 6.42 Å². The van der Waals surface area contributed by atoms with E-state index in [-0.39, 0.29) is 5.28 Å². The molecule has 1 aromatic heterocycles. The molecule has 1 aliphatic carbocycles. The van der Waals surface area contributed by atoms with Gasteiger partial charge in [0.1, 0.15) is 0 Å². The second-order valence-corrected chi connectivity index (χ2v) is 6.62. The number of aromatic nitrogens is 3. The van der Waals surface area contributed by atoms with E-state index in [2.05, 4.69) is 52.4 Å². The maximum absolute atomic E-state index is 6.23. The van der Waals surface area contributed by atoms with Crippen LogP contribution in [0.4, 0.5) is 0 Å². The highest BCUT2D eigenvalue weighted by Gasteiger charge is 2.22. The Morgan fingerprint density at radius 2 is 1.31 bits per heavy atom. The van der Waals surface area contributed by atoms with Crippen LogP contribution in [0.25, 0.3) is 33.9 Å². The molecule has 0 saturated heterocycles. The molecule has 0 N–H and O–H groups in total. The highest BCUT2D eigenvalue weighted by molar-refractivity contribution is 6.28. The number of halogens is 1. The highest BCUT2D eigenvalue weighted by Crippen LogP contribution is 2.40. The SMILES string of the molecule is Clc1nc(-c2ccccc2)nc(-c2cccc3c2Cc2ccccc2-3)n1. The molecule has 4 heteroatoms. The normalized spacial score (nSPS) is 11.9. The van der Waals surface area contributed by atoms with Gasteiger partial charge in [0, 0.05) is 11.1 Å². The van der Waals surface area contributed by atoms with E-state index < -0.39 is 0 Å². The Kier molecular flexibility index (Phi) is 3.54. The van der Waals surface area contributed by atoms with Crippen molar-refractivity contribution in [3.63, 3.8) is 0 Å². The van der Waals surface area contributed by atoms with E-state index in [9.17, 15) is 0 Å². The van der Waals surface area contributed by atoms with Crippen molar-refractivity contribution in [1.82, 2.24) is 15.0 Å². The molecule has 0 saturated carbocycles. The summed E-state index contributed by atoms with van der Waals surface area (Å²) in [7, 11) is 0. The van der Waals surface area contributed by atoms with Crippen LogP contribution in [0.15, 0.2) is 72.8 Å². The van der Waals surface area contributed by atoms with Crippen LogP contribution in [0.5, 0.6) is 0 Å². The largest absolute Gasteiger partial charge is 0.226 e. The third-order valence-electron chi connectivity index (χ3n) is 4.73. The van der Waals surface area contributed by atoms with E-state index in [1.165, 1.54) is 22.3 Å². The lowest BCUT2D eigenvalue weighted by molar-refractivity contribution is 1.06. The van der Waals surface area contributed by atoms with Gasteiger partial charge in [0.15, 0.2) is 11.6 Å². The third-order valence-corrected chi connectivity index (χ3v) is 4.90. The zero-order chi connectivity index (χ0) is 17.5. The number of hydrogen-bond acceptors (Lipinski definition) is 3. The van der Waals surface area contributed by atoms with Crippen molar-refractivity contribution < 1.29 is 0 Å². The summed E-state index contributed by atoms with van der Waals surface area (Å²) in [5.74, 6) is 1.21. The molecule has 0 fully saturated rings. The standard InChI is InChI=1S/C22H14ClN3/c23-22-25-20(14-7-2-1-3-8-14)24-21(26-22)18-12-6-11-17-16-10-5-4-9-15(16)13-19(17)18/h1-12H,13H2. The summed E-state index contributed by atoms with van der Waals surface area (Å²) in [6, 6.07) is 24.6. The molecule has 124 valence electrons. The van der Waals surface area contributed by atoms with Gasteiger partial charge in [-0.25, -0.2) is 4.98 Å². The molecule has 0 spiro atoms. The zero-order valence-electron chi connectivity index (χ0n) is 13.9. The highest BCUT2D eigenvalue weighted by atomic mass is 35.5. The molecular formula is C22H14ClN3. The van der Waals surface area contributed by atoms with Gasteiger partial charge in [-0.1, -0.05) is 72.8 Å². The lowest BCUT2D eigenvalue weighted by Gasteiger charge is -2.09. The quantitative estimate of drug-likeness (QED) is 0.424. The van der Waals surface area contributed by atoms with Crippen molar-refractivity contribution in [3.8, 4) is 33.9 Å². The Bertz CT molecular complexity index is 1120. The Morgan fingerprint density at radius 1 is 0.615 bits per heavy atom. The second-order valence-electron chi connectivity index (χ2n) is 6.28. The molecule has 3 aromatic carbocycles. The van der Waals surface area contributed by atoms with Crippen molar-refractivity contribution in [1.29, 1.82) is 0 Å². The lowest BCUT2D eigenvalue weighted by atomic mass is 10.0. The first-order valence-corrected chi connectivity index (χ1v) is 8.85. The van der Waals surface area contributed by atoms with E-state index in [1.54, 1.807) is 0 Å². The Balaban J connectivity index is 1.68. The second kappa shape index (κ2) is 6.04. The number of fused-ring (bicyclic) bond motifs is 3. The van der Waals surface area contributed by atoms with Crippen LogP contribution < -0.4 is 0 Å². The van der Waals surface area contributed by atoms with Crippen LogP contribution in [0.1, 0.15) is 11.1 Å². The summed E-state index contributed by atoms with van der Waals surface area (Å²) in [4.78, 5) is 13.4. The van der Waals surface area contributed by atoms with Gasteiger partial charge in [-0.05, 0) is 40.3 Å². The average molecular weight is 356 g/mol. The minimum absolute atomic E-state index is 0.210. The van der Waals surface area contributed by atoms with E-state index in [1.807, 2.05) is 30.3 Å². The molecule has 0 aliphatic heterocycles. The molecular weight excluding hydrogens is 342 g/mol. The van der Waals surface area contributed by atoms with Gasteiger partial charge in [0.2, 0.25) is 5.28 Å². The molecule has 4 aromatic rings. The van der Waals surface area contributed by atoms with Crippen molar-refractivity contribution >= 4 is 11.6 Å². The predicted molar refractivity (Wildman–Crippen MR) is 104 cm³/mol. The van der Waals surface area contributed by atoms with Crippen LogP contribution in [-0.4, -0.2) is 15.0 Å². The molecule has 5 rings (SSSR count). The molecule has 0 amide bonds. The minimum atomic E-state index is 0.210. The molecule has 3 nitrogen and oxygen atoms in total. The summed E-state index contributed by atoms with van der Waals surface area (Å²) < 4.78 is 0. The summed E-state index contributed by atoms with van der Waals surface area (Å²) in [5.41, 5.74) is 7.05. The van der Waals surface area contributed by atoms with Gasteiger partial charge in [0.05, 0.1) is 0 Å². The molecule has 0 bridgehead atoms. The Labute approximate surface area is 156 Å². The fraction of sp³-hybridized carbons (Fsp3) is 0.0455. The Morgan fingerprint density at radius 3 is 2.19 bits per heavy atom. The van der Waals surface area contributed by atoms with Gasteiger partial charge in [0.25, 0.3) is 0 Å². The van der Waals surface area contributed by atoms with Gasteiger partial charge in [-0.2, -0.15) is 9.97 Å². The number of nitrogens with zero attached hydrogens (tertiary/aromatic N) is 3. The minimum Gasteiger partial charge on any atom is -0.208 e. The van der Waals surface area contributed by atoms with Crippen LogP contribution in [0.3, 0.4) is 0 Å². The van der Waals surface area contributed by atoms with E-state index in [4.69, 9.17) is 16.6 Å². The number of hydrogen-bond donors (Lipinski definition) is 0. The van der Waals surface area contributed by atoms with Crippen molar-refractivity contribution in [2.24, 2.45) is 0 Å². The Hall–Kier alpha value is -3.04. The van der Waals surface area contributed by atoms with Gasteiger partial charge >= 0.3 is 0 Å². The lowest BCUT2D eigenvalue weighted by Crippen LogP contribution is -1.99. The van der Waals surface area contributed by atoms with Gasteiger partial charge in [-0.15, -0.1) is 0 Å². The fourth-order valence-corrected chi connectivity index (χ4v) is 3.71. The first-order chi connectivity index (χ1) is 12.8. The van der Waals surface area contributed by atoms with Crippen molar-refractivity contribution in [2.75, 3.05) is 0 Å². The van der Waals surface area contributed by atoms with E-state index in [0.29, 0.717) is 11.6 Å². The fourth-order valence-electron chi connectivity index (χ4n) is 3.55. The molecule has 1 heterocycles. The van der Waals surface area contributed by atoms with Crippen LogP contribution >= 0.6 is 11.6 Å². The van der Waals surface area contributed by atoms with Gasteiger partial charge < -0.3 is 0 Å². The number of rotatable bonds is 2. The summed E-state index contributed by atoms with van der Waals surface area (Å²) in [6.45, 7) is 0. The number of benzene rings is 3. The molecule has 26 heavy (non-hydrogen) atoms. The van der Waals surface area contributed by atoms with Crippen molar-refractivity contribution in [2.45, 2.75) is 6.42 Å². The monoisotopic (exact) mass is 355 g/mol. The maximum Gasteiger partial charge on any atom is 0.226 e. The summed E-state index contributed by atoms with van der Waals surface area (Å²) in [6.07, 6.45) is 0.881. The average Bonchev–Trinajstić information content (AvgIpc) is 3.07. The molecule has 0 unspecified atom stereocenters. The zero-order valence-corrected chi connectivity index (χ0v) is 14.6. The van der Waals surface area contributed by atoms with Crippen molar-refractivity contribution in [3.05, 3.63) is 89.2 Å². The summed E-state index contributed by atoms with van der Waals surface area (Å²) in [5, 5.41) is 0.210. The van der Waals surface area contributed by atoms with Crippen LogP contribution in [0, 0.1) is 0 Å². The summed E-state index contributed by atoms with van der Waals surface area (Å²) >= 11 is 6.23. The molecule has 1 aliphatic rings. The first-order valence-electron chi connectivity index (χ1n) is 8.47. The maximum atomic E-state index is 6.23. The van der Waals surface area contributed by atoms with Crippen LogP contribution in [0.2, 0.25) is 5.28 Å². The predicted octanol–water partition coefficient (Wildman–Crippen LogP) is 5.43. The topological polar surface area (TPSA) is 38.7 Å². The third kappa shape index (κ3) is 2.49. The molecule has 0 atom stereocenters. The molecule has 0 radical (unpaired) electrons. The first kappa shape index (κ1) is 15.2. The van der Waals surface area contributed by atoms with Gasteiger partial charge in [-0.3, -0.25) is 0 Å². The van der Waals surface area contributed by atoms with E-state index in [0.717, 1.165) is 17.5 Å². The van der Waals surface area contributed by atoms with E-state index >= 15 is 0 Å².